The van der Waals surface area contributed by atoms with Crippen LogP contribution >= 0.6 is 0 Å². The summed E-state index contributed by atoms with van der Waals surface area (Å²) in [6.45, 7) is 2.74. The van der Waals surface area contributed by atoms with Crippen molar-refractivity contribution in [2.24, 2.45) is 0 Å². The van der Waals surface area contributed by atoms with Gasteiger partial charge in [0.2, 0.25) is 0 Å². The molecule has 0 saturated heterocycles. The van der Waals surface area contributed by atoms with Gasteiger partial charge in [-0.05, 0) is 47.0 Å². The molecule has 1 N–H and O–H groups in total. The first-order valence-electron chi connectivity index (χ1n) is 5.93. The van der Waals surface area contributed by atoms with Gasteiger partial charge in [-0.15, -0.1) is 0 Å². The second-order valence-electron chi connectivity index (χ2n) is 4.46. The van der Waals surface area contributed by atoms with Gasteiger partial charge >= 0.3 is 0 Å². The molecule has 16 heavy (non-hydrogen) atoms. The molecule has 0 radical (unpaired) electrons. The van der Waals surface area contributed by atoms with Crippen LogP contribution in [0, 0.1) is 0 Å². The molecule has 0 amide bonds. The van der Waals surface area contributed by atoms with Crippen molar-refractivity contribution in [1.82, 2.24) is 10.2 Å². The van der Waals surface area contributed by atoms with Crippen LogP contribution in [-0.2, 0) is 9.84 Å². The van der Waals surface area contributed by atoms with Crippen LogP contribution in [0.4, 0.5) is 0 Å². The van der Waals surface area contributed by atoms with Gasteiger partial charge in [0.25, 0.3) is 0 Å². The molecule has 1 unspecified atom stereocenters. The molecule has 1 atom stereocenters. The standard InChI is InChI=1S/C11H26N2O2S/c1-5-16(14,15)10-6-7-11(12-2)8-9-13(3)4/h11-12H,5-10H2,1-4H3. The van der Waals surface area contributed by atoms with Crippen molar-refractivity contribution in [2.45, 2.75) is 32.2 Å². The summed E-state index contributed by atoms with van der Waals surface area (Å²) >= 11 is 0. The highest BCUT2D eigenvalue weighted by Crippen LogP contribution is 2.05. The third-order valence-electron chi connectivity index (χ3n) is 2.78. The molecule has 0 rings (SSSR count). The van der Waals surface area contributed by atoms with Crippen LogP contribution in [0.15, 0.2) is 0 Å². The van der Waals surface area contributed by atoms with Gasteiger partial charge in [0.05, 0.1) is 5.75 Å². The van der Waals surface area contributed by atoms with E-state index in [1.54, 1.807) is 6.92 Å². The molecule has 0 heterocycles. The van der Waals surface area contributed by atoms with Crippen LogP contribution in [0.25, 0.3) is 0 Å². The van der Waals surface area contributed by atoms with E-state index in [0.29, 0.717) is 11.8 Å². The number of sulfone groups is 1. The van der Waals surface area contributed by atoms with E-state index in [2.05, 4.69) is 10.2 Å². The zero-order valence-corrected chi connectivity index (χ0v) is 11.8. The van der Waals surface area contributed by atoms with Crippen LogP contribution in [-0.4, -0.2) is 58.6 Å². The lowest BCUT2D eigenvalue weighted by atomic mass is 10.1. The second kappa shape index (κ2) is 8.03. The molecule has 0 aromatic carbocycles. The highest BCUT2D eigenvalue weighted by Gasteiger charge is 2.10. The highest BCUT2D eigenvalue weighted by molar-refractivity contribution is 7.91. The average Bonchev–Trinajstić information content (AvgIpc) is 2.22. The van der Waals surface area contributed by atoms with Crippen LogP contribution in [0.1, 0.15) is 26.2 Å². The van der Waals surface area contributed by atoms with E-state index in [4.69, 9.17) is 0 Å². The van der Waals surface area contributed by atoms with Crippen LogP contribution in [0.5, 0.6) is 0 Å². The number of nitrogens with one attached hydrogen (secondary N) is 1. The van der Waals surface area contributed by atoms with Gasteiger partial charge in [-0.1, -0.05) is 6.92 Å². The summed E-state index contributed by atoms with van der Waals surface area (Å²) in [6, 6.07) is 0.425. The maximum Gasteiger partial charge on any atom is 0.150 e. The summed E-state index contributed by atoms with van der Waals surface area (Å²) in [6.07, 6.45) is 2.76. The van der Waals surface area contributed by atoms with Gasteiger partial charge in [0.15, 0.2) is 0 Å². The first kappa shape index (κ1) is 15.9. The summed E-state index contributed by atoms with van der Waals surface area (Å²) in [5, 5.41) is 3.24. The molecule has 0 bridgehead atoms. The minimum atomic E-state index is -2.79. The first-order valence-corrected chi connectivity index (χ1v) is 7.75. The smallest absolute Gasteiger partial charge is 0.150 e. The summed E-state index contributed by atoms with van der Waals surface area (Å²) in [5.41, 5.74) is 0. The maximum absolute atomic E-state index is 11.3. The number of nitrogens with zero attached hydrogens (tertiary/aromatic N) is 1. The van der Waals surface area contributed by atoms with Gasteiger partial charge in [0, 0.05) is 11.8 Å². The Kier molecular flexibility index (Phi) is 7.97. The Labute approximate surface area is 100 Å². The van der Waals surface area contributed by atoms with E-state index in [9.17, 15) is 8.42 Å². The van der Waals surface area contributed by atoms with E-state index in [-0.39, 0.29) is 5.75 Å². The largest absolute Gasteiger partial charge is 0.317 e. The van der Waals surface area contributed by atoms with Crippen molar-refractivity contribution in [1.29, 1.82) is 0 Å². The summed E-state index contributed by atoms with van der Waals surface area (Å²) in [4.78, 5) is 2.15. The van der Waals surface area contributed by atoms with Crippen LogP contribution < -0.4 is 5.32 Å². The fourth-order valence-electron chi connectivity index (χ4n) is 1.54. The molecule has 0 spiro atoms. The van der Waals surface area contributed by atoms with Crippen LogP contribution in [0.3, 0.4) is 0 Å². The molecule has 0 aromatic heterocycles. The highest BCUT2D eigenvalue weighted by atomic mass is 32.2. The molecule has 0 aliphatic carbocycles. The number of hydrogen-bond donors (Lipinski definition) is 1. The van der Waals surface area contributed by atoms with Gasteiger partial charge in [-0.25, -0.2) is 8.42 Å². The molecule has 0 aromatic rings. The van der Waals surface area contributed by atoms with Gasteiger partial charge < -0.3 is 10.2 Å². The molecule has 0 aliphatic rings. The molecular weight excluding hydrogens is 224 g/mol. The van der Waals surface area contributed by atoms with Crippen molar-refractivity contribution in [3.63, 3.8) is 0 Å². The Morgan fingerprint density at radius 3 is 2.31 bits per heavy atom. The van der Waals surface area contributed by atoms with Crippen molar-refractivity contribution in [3.8, 4) is 0 Å². The fourth-order valence-corrected chi connectivity index (χ4v) is 2.44. The molecule has 5 heteroatoms. The summed E-state index contributed by atoms with van der Waals surface area (Å²) in [5.74, 6) is 0.582. The second-order valence-corrected chi connectivity index (χ2v) is 6.93. The Morgan fingerprint density at radius 1 is 1.25 bits per heavy atom. The minimum Gasteiger partial charge on any atom is -0.317 e. The Balaban J connectivity index is 3.79. The topological polar surface area (TPSA) is 49.4 Å². The maximum atomic E-state index is 11.3. The van der Waals surface area contributed by atoms with Gasteiger partial charge in [-0.3, -0.25) is 0 Å². The van der Waals surface area contributed by atoms with Crippen molar-refractivity contribution >= 4 is 9.84 Å². The zero-order valence-electron chi connectivity index (χ0n) is 11.0. The molecule has 0 saturated carbocycles. The number of rotatable bonds is 9. The van der Waals surface area contributed by atoms with E-state index in [1.165, 1.54) is 0 Å². The quantitative estimate of drug-likeness (QED) is 0.656. The first-order chi connectivity index (χ1) is 7.41. The van der Waals surface area contributed by atoms with E-state index >= 15 is 0 Å². The Bertz CT molecular complexity index is 263. The minimum absolute atomic E-state index is 0.259. The molecule has 98 valence electrons. The molecule has 0 fully saturated rings. The van der Waals surface area contributed by atoms with Crippen LogP contribution in [0.2, 0.25) is 0 Å². The molecule has 4 nitrogen and oxygen atoms in total. The number of hydrogen-bond acceptors (Lipinski definition) is 4. The third-order valence-corrected chi connectivity index (χ3v) is 4.57. The fraction of sp³-hybridized carbons (Fsp3) is 1.00. The lowest BCUT2D eigenvalue weighted by Crippen LogP contribution is -2.30. The summed E-state index contributed by atoms with van der Waals surface area (Å²) < 4.78 is 22.6. The van der Waals surface area contributed by atoms with Gasteiger partial charge in [-0.2, -0.15) is 0 Å². The molecular formula is C11H26N2O2S. The van der Waals surface area contributed by atoms with Crippen molar-refractivity contribution < 1.29 is 8.42 Å². The van der Waals surface area contributed by atoms with E-state index in [0.717, 1.165) is 25.8 Å². The SMILES string of the molecule is CCS(=O)(=O)CCCC(CCN(C)C)NC. The van der Waals surface area contributed by atoms with E-state index < -0.39 is 9.84 Å². The normalized spacial score (nSPS) is 14.3. The van der Waals surface area contributed by atoms with Gasteiger partial charge in [0.1, 0.15) is 9.84 Å². The molecule has 0 aliphatic heterocycles. The monoisotopic (exact) mass is 250 g/mol. The van der Waals surface area contributed by atoms with Crippen molar-refractivity contribution in [3.05, 3.63) is 0 Å². The van der Waals surface area contributed by atoms with Crippen molar-refractivity contribution in [2.75, 3.05) is 39.2 Å². The Hall–Kier alpha value is -0.130. The van der Waals surface area contributed by atoms with E-state index in [1.807, 2.05) is 21.1 Å². The third kappa shape index (κ3) is 8.07. The predicted octanol–water partition coefficient (Wildman–Crippen LogP) is 0.741. The lowest BCUT2D eigenvalue weighted by Gasteiger charge is -2.18. The summed E-state index contributed by atoms with van der Waals surface area (Å²) in [7, 11) is 3.25. The predicted molar refractivity (Wildman–Crippen MR) is 69.6 cm³/mol. The lowest BCUT2D eigenvalue weighted by molar-refractivity contribution is 0.356. The zero-order chi connectivity index (χ0) is 12.6. The Morgan fingerprint density at radius 2 is 1.88 bits per heavy atom. The average molecular weight is 250 g/mol.